The maximum atomic E-state index is 13.7. The third-order valence-corrected chi connectivity index (χ3v) is 2.94. The van der Waals surface area contributed by atoms with Gasteiger partial charge in [-0.05, 0) is 37.1 Å². The molecule has 94 valence electrons. The molecule has 0 aliphatic carbocycles. The summed E-state index contributed by atoms with van der Waals surface area (Å²) < 4.78 is 26.8. The van der Waals surface area contributed by atoms with E-state index >= 15 is 0 Å². The van der Waals surface area contributed by atoms with Crippen molar-refractivity contribution >= 4 is 0 Å². The summed E-state index contributed by atoms with van der Waals surface area (Å²) in [4.78, 5) is 0. The number of benzene rings is 2. The van der Waals surface area contributed by atoms with E-state index in [2.05, 4.69) is 0 Å². The van der Waals surface area contributed by atoms with Gasteiger partial charge in [0.15, 0.2) is 0 Å². The van der Waals surface area contributed by atoms with Crippen molar-refractivity contribution in [2.75, 3.05) is 0 Å². The zero-order valence-corrected chi connectivity index (χ0v) is 10.2. The molecule has 2 aromatic rings. The fourth-order valence-corrected chi connectivity index (χ4v) is 1.89. The highest BCUT2D eigenvalue weighted by molar-refractivity contribution is 5.35. The maximum absolute atomic E-state index is 13.7. The molecule has 0 aliphatic rings. The van der Waals surface area contributed by atoms with Crippen LogP contribution in [0.5, 0.6) is 0 Å². The molecule has 0 fully saturated rings. The molecular formula is C15H14F2O. The van der Waals surface area contributed by atoms with Crippen LogP contribution in [0, 0.1) is 25.5 Å². The second kappa shape index (κ2) is 4.86. The molecule has 3 heteroatoms. The minimum atomic E-state index is -1.08. The maximum Gasteiger partial charge on any atom is 0.129 e. The SMILES string of the molecule is Cc1ccc(F)c(C(O)c2ccc(F)c(C)c2)c1. The molecule has 0 radical (unpaired) electrons. The lowest BCUT2D eigenvalue weighted by molar-refractivity contribution is 0.214. The lowest BCUT2D eigenvalue weighted by Crippen LogP contribution is -2.04. The molecule has 2 aromatic carbocycles. The summed E-state index contributed by atoms with van der Waals surface area (Å²) in [5, 5.41) is 10.2. The standard InChI is InChI=1S/C15H14F2O/c1-9-3-5-14(17)12(7-9)15(18)11-4-6-13(16)10(2)8-11/h3-8,15,18H,1-2H3. The van der Waals surface area contributed by atoms with E-state index < -0.39 is 11.9 Å². The van der Waals surface area contributed by atoms with Crippen molar-refractivity contribution in [3.05, 3.63) is 70.3 Å². The van der Waals surface area contributed by atoms with E-state index in [1.165, 1.54) is 24.3 Å². The molecular weight excluding hydrogens is 234 g/mol. The van der Waals surface area contributed by atoms with Gasteiger partial charge in [0.1, 0.15) is 17.7 Å². The van der Waals surface area contributed by atoms with Gasteiger partial charge in [-0.25, -0.2) is 8.78 Å². The normalized spacial score (nSPS) is 12.5. The average molecular weight is 248 g/mol. The van der Waals surface area contributed by atoms with E-state index in [4.69, 9.17) is 0 Å². The topological polar surface area (TPSA) is 20.2 Å². The first-order valence-electron chi connectivity index (χ1n) is 5.69. The molecule has 1 N–H and O–H groups in total. The van der Waals surface area contributed by atoms with Crippen LogP contribution in [0.15, 0.2) is 36.4 Å². The molecule has 0 amide bonds. The van der Waals surface area contributed by atoms with Crippen LogP contribution < -0.4 is 0 Å². The van der Waals surface area contributed by atoms with Gasteiger partial charge in [0.2, 0.25) is 0 Å². The van der Waals surface area contributed by atoms with Crippen molar-refractivity contribution in [3.63, 3.8) is 0 Å². The first-order valence-corrected chi connectivity index (χ1v) is 5.69. The highest BCUT2D eigenvalue weighted by Gasteiger charge is 2.16. The van der Waals surface area contributed by atoms with Crippen LogP contribution in [0.25, 0.3) is 0 Å². The van der Waals surface area contributed by atoms with Crippen LogP contribution in [0.3, 0.4) is 0 Å². The fraction of sp³-hybridized carbons (Fsp3) is 0.200. The summed E-state index contributed by atoms with van der Waals surface area (Å²) in [6.45, 7) is 3.43. The Bertz CT molecular complexity index is 579. The molecule has 0 saturated carbocycles. The van der Waals surface area contributed by atoms with Crippen molar-refractivity contribution in [2.45, 2.75) is 20.0 Å². The summed E-state index contributed by atoms with van der Waals surface area (Å²) in [5.74, 6) is -0.800. The lowest BCUT2D eigenvalue weighted by atomic mass is 9.98. The number of halogens is 2. The second-order valence-electron chi connectivity index (χ2n) is 4.44. The largest absolute Gasteiger partial charge is 0.384 e. The van der Waals surface area contributed by atoms with E-state index in [0.29, 0.717) is 11.1 Å². The summed E-state index contributed by atoms with van der Waals surface area (Å²) >= 11 is 0. The second-order valence-corrected chi connectivity index (χ2v) is 4.44. The molecule has 0 spiro atoms. The van der Waals surface area contributed by atoms with Crippen molar-refractivity contribution in [1.82, 2.24) is 0 Å². The number of rotatable bonds is 2. The summed E-state index contributed by atoms with van der Waals surface area (Å²) in [6.07, 6.45) is -1.08. The number of aliphatic hydroxyl groups excluding tert-OH is 1. The number of aryl methyl sites for hydroxylation is 2. The lowest BCUT2D eigenvalue weighted by Gasteiger charge is -2.14. The van der Waals surface area contributed by atoms with E-state index in [1.54, 1.807) is 19.1 Å². The Balaban J connectivity index is 2.44. The minimum Gasteiger partial charge on any atom is -0.384 e. The Kier molecular flexibility index (Phi) is 3.43. The Morgan fingerprint density at radius 1 is 0.944 bits per heavy atom. The van der Waals surface area contributed by atoms with E-state index in [1.807, 2.05) is 6.92 Å². The van der Waals surface area contributed by atoms with E-state index in [0.717, 1.165) is 5.56 Å². The van der Waals surface area contributed by atoms with Gasteiger partial charge in [-0.1, -0.05) is 29.8 Å². The molecule has 1 atom stereocenters. The van der Waals surface area contributed by atoms with Crippen molar-refractivity contribution < 1.29 is 13.9 Å². The molecule has 1 unspecified atom stereocenters. The predicted molar refractivity (Wildman–Crippen MR) is 66.3 cm³/mol. The first kappa shape index (κ1) is 12.7. The Morgan fingerprint density at radius 2 is 1.61 bits per heavy atom. The zero-order chi connectivity index (χ0) is 13.3. The van der Waals surface area contributed by atoms with E-state index in [9.17, 15) is 13.9 Å². The summed E-state index contributed by atoms with van der Waals surface area (Å²) in [6, 6.07) is 8.84. The molecule has 0 aliphatic heterocycles. The number of aliphatic hydroxyl groups is 1. The first-order chi connectivity index (χ1) is 8.49. The molecule has 1 nitrogen and oxygen atoms in total. The molecule has 18 heavy (non-hydrogen) atoms. The minimum absolute atomic E-state index is 0.209. The van der Waals surface area contributed by atoms with Gasteiger partial charge in [0.25, 0.3) is 0 Å². The van der Waals surface area contributed by atoms with Crippen molar-refractivity contribution in [2.24, 2.45) is 0 Å². The van der Waals surface area contributed by atoms with Gasteiger partial charge in [-0.2, -0.15) is 0 Å². The van der Waals surface area contributed by atoms with Crippen molar-refractivity contribution in [3.8, 4) is 0 Å². The van der Waals surface area contributed by atoms with Crippen LogP contribution in [0.1, 0.15) is 28.4 Å². The molecule has 0 saturated heterocycles. The third-order valence-electron chi connectivity index (χ3n) is 2.94. The van der Waals surface area contributed by atoms with Gasteiger partial charge >= 0.3 is 0 Å². The molecule has 2 rings (SSSR count). The predicted octanol–water partition coefficient (Wildman–Crippen LogP) is 3.66. The number of hydrogen-bond donors (Lipinski definition) is 1. The molecule has 0 bridgehead atoms. The Labute approximate surface area is 105 Å². The monoisotopic (exact) mass is 248 g/mol. The van der Waals surface area contributed by atoms with Gasteiger partial charge in [-0.15, -0.1) is 0 Å². The quantitative estimate of drug-likeness (QED) is 0.859. The Hall–Kier alpha value is -1.74. The highest BCUT2D eigenvalue weighted by atomic mass is 19.1. The third kappa shape index (κ3) is 2.41. The Morgan fingerprint density at radius 3 is 2.28 bits per heavy atom. The smallest absolute Gasteiger partial charge is 0.129 e. The average Bonchev–Trinajstić information content (AvgIpc) is 2.35. The summed E-state index contributed by atoms with van der Waals surface area (Å²) in [5.41, 5.74) is 1.99. The van der Waals surface area contributed by atoms with Gasteiger partial charge in [-0.3, -0.25) is 0 Å². The van der Waals surface area contributed by atoms with Crippen LogP contribution >= 0.6 is 0 Å². The highest BCUT2D eigenvalue weighted by Crippen LogP contribution is 2.26. The zero-order valence-electron chi connectivity index (χ0n) is 10.2. The molecule has 0 heterocycles. The van der Waals surface area contributed by atoms with Crippen LogP contribution in [-0.4, -0.2) is 5.11 Å². The van der Waals surface area contributed by atoms with Crippen molar-refractivity contribution in [1.29, 1.82) is 0 Å². The molecule has 0 aromatic heterocycles. The van der Waals surface area contributed by atoms with Crippen LogP contribution in [-0.2, 0) is 0 Å². The van der Waals surface area contributed by atoms with Gasteiger partial charge in [0, 0.05) is 5.56 Å². The number of hydrogen-bond acceptors (Lipinski definition) is 1. The van der Waals surface area contributed by atoms with Crippen LogP contribution in [0.4, 0.5) is 8.78 Å². The van der Waals surface area contributed by atoms with Gasteiger partial charge < -0.3 is 5.11 Å². The van der Waals surface area contributed by atoms with Gasteiger partial charge in [0.05, 0.1) is 0 Å². The van der Waals surface area contributed by atoms with Crippen LogP contribution in [0.2, 0.25) is 0 Å². The fourth-order valence-electron chi connectivity index (χ4n) is 1.89. The van der Waals surface area contributed by atoms with E-state index in [-0.39, 0.29) is 11.4 Å². The summed E-state index contributed by atoms with van der Waals surface area (Å²) in [7, 11) is 0.